The smallest absolute Gasteiger partial charge is 0.303 e. The van der Waals surface area contributed by atoms with Crippen LogP contribution in [-0.4, -0.2) is 11.1 Å². The van der Waals surface area contributed by atoms with Crippen molar-refractivity contribution in [2.75, 3.05) is 0 Å². The van der Waals surface area contributed by atoms with E-state index in [4.69, 9.17) is 0 Å². The molecule has 0 aliphatic heterocycles. The molecule has 2 aliphatic carbocycles. The van der Waals surface area contributed by atoms with Gasteiger partial charge in [0.15, 0.2) is 0 Å². The SMILES string of the molecule is O=C(O)CC1(C2CCCc3ccccc32)CCC1. The minimum absolute atomic E-state index is 0.0579. The molecule has 0 aromatic heterocycles. The van der Waals surface area contributed by atoms with Crippen LogP contribution in [0.15, 0.2) is 24.3 Å². The van der Waals surface area contributed by atoms with Gasteiger partial charge in [-0.1, -0.05) is 30.7 Å². The number of carbonyl (C=O) groups is 1. The molecule has 0 bridgehead atoms. The van der Waals surface area contributed by atoms with Gasteiger partial charge in [-0.15, -0.1) is 0 Å². The van der Waals surface area contributed by atoms with Crippen molar-refractivity contribution in [1.29, 1.82) is 0 Å². The molecule has 2 heteroatoms. The van der Waals surface area contributed by atoms with Gasteiger partial charge < -0.3 is 5.11 Å². The van der Waals surface area contributed by atoms with E-state index in [2.05, 4.69) is 24.3 Å². The second-order valence-corrected chi connectivity index (χ2v) is 5.93. The third-order valence-corrected chi connectivity index (χ3v) is 4.96. The fourth-order valence-electron chi connectivity index (χ4n) is 3.97. The van der Waals surface area contributed by atoms with Gasteiger partial charge in [0.2, 0.25) is 0 Å². The van der Waals surface area contributed by atoms with E-state index >= 15 is 0 Å². The van der Waals surface area contributed by atoms with E-state index in [-0.39, 0.29) is 5.41 Å². The maximum atomic E-state index is 11.2. The molecule has 18 heavy (non-hydrogen) atoms. The molecule has 1 saturated carbocycles. The van der Waals surface area contributed by atoms with Gasteiger partial charge in [0, 0.05) is 0 Å². The van der Waals surface area contributed by atoms with E-state index in [1.165, 1.54) is 30.4 Å². The monoisotopic (exact) mass is 244 g/mol. The number of carboxylic acids is 1. The molecule has 96 valence electrons. The predicted octanol–water partition coefficient (Wildman–Crippen LogP) is 3.75. The van der Waals surface area contributed by atoms with Crippen LogP contribution in [0, 0.1) is 5.41 Å². The van der Waals surface area contributed by atoms with Gasteiger partial charge in [0.1, 0.15) is 0 Å². The largest absolute Gasteiger partial charge is 0.481 e. The normalized spacial score (nSPS) is 25.0. The van der Waals surface area contributed by atoms with Crippen molar-refractivity contribution < 1.29 is 9.90 Å². The van der Waals surface area contributed by atoms with E-state index < -0.39 is 5.97 Å². The fraction of sp³-hybridized carbons (Fsp3) is 0.562. The van der Waals surface area contributed by atoms with Crippen LogP contribution >= 0.6 is 0 Å². The fourth-order valence-corrected chi connectivity index (χ4v) is 3.97. The van der Waals surface area contributed by atoms with Crippen LogP contribution in [0.25, 0.3) is 0 Å². The Morgan fingerprint density at radius 2 is 2.06 bits per heavy atom. The molecule has 0 heterocycles. The van der Waals surface area contributed by atoms with Crippen molar-refractivity contribution >= 4 is 5.97 Å². The molecular formula is C16H20O2. The molecule has 1 unspecified atom stereocenters. The summed E-state index contributed by atoms with van der Waals surface area (Å²) in [7, 11) is 0. The first-order valence-electron chi connectivity index (χ1n) is 7.01. The van der Waals surface area contributed by atoms with Crippen LogP contribution in [0.1, 0.15) is 55.6 Å². The number of fused-ring (bicyclic) bond motifs is 1. The molecule has 0 spiro atoms. The van der Waals surface area contributed by atoms with Crippen LogP contribution in [0.5, 0.6) is 0 Å². The molecule has 3 rings (SSSR count). The summed E-state index contributed by atoms with van der Waals surface area (Å²) >= 11 is 0. The summed E-state index contributed by atoms with van der Waals surface area (Å²) in [6.45, 7) is 0. The first-order chi connectivity index (χ1) is 8.71. The maximum absolute atomic E-state index is 11.2. The molecule has 0 radical (unpaired) electrons. The number of aryl methyl sites for hydroxylation is 1. The summed E-state index contributed by atoms with van der Waals surface area (Å²) in [6, 6.07) is 8.64. The van der Waals surface area contributed by atoms with Gasteiger partial charge in [-0.3, -0.25) is 4.79 Å². The molecule has 0 saturated heterocycles. The van der Waals surface area contributed by atoms with Gasteiger partial charge >= 0.3 is 5.97 Å². The van der Waals surface area contributed by atoms with Crippen LogP contribution < -0.4 is 0 Å². The second-order valence-electron chi connectivity index (χ2n) is 5.93. The van der Waals surface area contributed by atoms with Crippen molar-refractivity contribution in [3.8, 4) is 0 Å². The van der Waals surface area contributed by atoms with Crippen LogP contribution in [0.3, 0.4) is 0 Å². The van der Waals surface area contributed by atoms with Crippen molar-refractivity contribution in [2.45, 2.75) is 50.9 Å². The standard InChI is InChI=1S/C16H20O2/c17-15(18)11-16(9-4-10-16)14-8-3-6-12-5-1-2-7-13(12)14/h1-2,5,7,14H,3-4,6,8-11H2,(H,17,18). The zero-order valence-corrected chi connectivity index (χ0v) is 10.7. The second kappa shape index (κ2) is 4.42. The summed E-state index contributed by atoms with van der Waals surface area (Å²) in [6.07, 6.45) is 7.29. The van der Waals surface area contributed by atoms with Crippen molar-refractivity contribution in [3.05, 3.63) is 35.4 Å². The zero-order chi connectivity index (χ0) is 12.6. The lowest BCUT2D eigenvalue weighted by Crippen LogP contribution is -2.39. The van der Waals surface area contributed by atoms with Gasteiger partial charge in [-0.05, 0) is 54.6 Å². The first kappa shape index (κ1) is 11.8. The Morgan fingerprint density at radius 3 is 2.72 bits per heavy atom. The number of rotatable bonds is 3. The molecule has 1 atom stereocenters. The lowest BCUT2D eigenvalue weighted by atomic mass is 9.55. The third kappa shape index (κ3) is 1.84. The molecule has 1 N–H and O–H groups in total. The van der Waals surface area contributed by atoms with Crippen molar-refractivity contribution in [2.24, 2.45) is 5.41 Å². The lowest BCUT2D eigenvalue weighted by Gasteiger charge is -2.49. The van der Waals surface area contributed by atoms with Gasteiger partial charge in [-0.2, -0.15) is 0 Å². The number of hydrogen-bond acceptors (Lipinski definition) is 1. The molecular weight excluding hydrogens is 224 g/mol. The quantitative estimate of drug-likeness (QED) is 0.879. The average Bonchev–Trinajstić information content (AvgIpc) is 2.33. The highest BCUT2D eigenvalue weighted by Gasteiger charge is 2.46. The highest BCUT2D eigenvalue weighted by Crippen LogP contribution is 2.57. The topological polar surface area (TPSA) is 37.3 Å². The van der Waals surface area contributed by atoms with Crippen LogP contribution in [0.2, 0.25) is 0 Å². The van der Waals surface area contributed by atoms with E-state index in [0.29, 0.717) is 12.3 Å². The Morgan fingerprint density at radius 1 is 1.28 bits per heavy atom. The average molecular weight is 244 g/mol. The highest BCUT2D eigenvalue weighted by molar-refractivity contribution is 5.68. The van der Waals surface area contributed by atoms with Crippen LogP contribution in [0.4, 0.5) is 0 Å². The lowest BCUT2D eigenvalue weighted by molar-refractivity contribution is -0.142. The molecule has 0 amide bonds. The summed E-state index contributed by atoms with van der Waals surface area (Å²) in [4.78, 5) is 11.2. The summed E-state index contributed by atoms with van der Waals surface area (Å²) in [5.74, 6) is -0.148. The Kier molecular flexibility index (Phi) is 2.89. The zero-order valence-electron chi connectivity index (χ0n) is 10.7. The first-order valence-corrected chi connectivity index (χ1v) is 7.01. The maximum Gasteiger partial charge on any atom is 0.303 e. The predicted molar refractivity (Wildman–Crippen MR) is 70.7 cm³/mol. The third-order valence-electron chi connectivity index (χ3n) is 4.96. The van der Waals surface area contributed by atoms with E-state index in [1.807, 2.05) is 0 Å². The Balaban J connectivity index is 1.95. The molecule has 2 aliphatic rings. The molecule has 1 fully saturated rings. The van der Waals surface area contributed by atoms with Crippen LogP contribution in [-0.2, 0) is 11.2 Å². The summed E-state index contributed by atoms with van der Waals surface area (Å²) < 4.78 is 0. The number of carboxylic acid groups (broad SMARTS) is 1. The number of hydrogen-bond donors (Lipinski definition) is 1. The van der Waals surface area contributed by atoms with E-state index in [0.717, 1.165) is 19.3 Å². The van der Waals surface area contributed by atoms with Crippen molar-refractivity contribution in [1.82, 2.24) is 0 Å². The minimum atomic E-state index is -0.627. The number of benzene rings is 1. The Hall–Kier alpha value is -1.31. The summed E-state index contributed by atoms with van der Waals surface area (Å²) in [5, 5.41) is 9.19. The minimum Gasteiger partial charge on any atom is -0.481 e. The summed E-state index contributed by atoms with van der Waals surface area (Å²) in [5.41, 5.74) is 2.94. The van der Waals surface area contributed by atoms with Crippen molar-refractivity contribution in [3.63, 3.8) is 0 Å². The molecule has 2 nitrogen and oxygen atoms in total. The van der Waals surface area contributed by atoms with Gasteiger partial charge in [0.05, 0.1) is 6.42 Å². The molecule has 1 aromatic rings. The molecule has 1 aromatic carbocycles. The Labute approximate surface area is 108 Å². The highest BCUT2D eigenvalue weighted by atomic mass is 16.4. The number of aliphatic carboxylic acids is 1. The van der Waals surface area contributed by atoms with E-state index in [9.17, 15) is 9.90 Å². The van der Waals surface area contributed by atoms with Gasteiger partial charge in [0.25, 0.3) is 0 Å². The van der Waals surface area contributed by atoms with Gasteiger partial charge in [-0.25, -0.2) is 0 Å². The Bertz CT molecular complexity index is 460. The van der Waals surface area contributed by atoms with E-state index in [1.54, 1.807) is 0 Å².